The third-order valence-electron chi connectivity index (χ3n) is 4.04. The van der Waals surface area contributed by atoms with Gasteiger partial charge in [-0.3, -0.25) is 4.90 Å². The van der Waals surface area contributed by atoms with E-state index in [0.717, 1.165) is 26.3 Å². The monoisotopic (exact) mass is 337 g/mol. The van der Waals surface area contributed by atoms with Gasteiger partial charge in [-0.1, -0.05) is 44.2 Å². The maximum absolute atomic E-state index is 5.56. The first-order chi connectivity index (χ1) is 10.7. The Hall–Kier alpha value is -0.420. The number of morpholine rings is 1. The Kier molecular flexibility index (Phi) is 7.35. The summed E-state index contributed by atoms with van der Waals surface area (Å²) in [5, 5.41) is 0. The van der Waals surface area contributed by atoms with Gasteiger partial charge in [0.2, 0.25) is 0 Å². The van der Waals surface area contributed by atoms with E-state index in [4.69, 9.17) is 4.74 Å². The highest BCUT2D eigenvalue weighted by molar-refractivity contribution is 8.21. The molecule has 0 aromatic heterocycles. The zero-order valence-electron chi connectivity index (χ0n) is 14.0. The molecule has 1 fully saturated rings. The Morgan fingerprint density at radius 1 is 1.05 bits per heavy atom. The molecular formula is C18H27NOS2. The number of thioether (sulfide) groups is 2. The lowest BCUT2D eigenvalue weighted by atomic mass is 9.90. The molecule has 1 aliphatic rings. The van der Waals surface area contributed by atoms with Crippen molar-refractivity contribution in [2.24, 2.45) is 5.92 Å². The summed E-state index contributed by atoms with van der Waals surface area (Å²) < 4.78 is 6.99. The third-order valence-corrected chi connectivity index (χ3v) is 6.22. The van der Waals surface area contributed by atoms with Gasteiger partial charge in [-0.2, -0.15) is 0 Å². The summed E-state index contributed by atoms with van der Waals surface area (Å²) in [5.74, 6) is 0.572. The Morgan fingerprint density at radius 2 is 1.64 bits per heavy atom. The van der Waals surface area contributed by atoms with Crippen LogP contribution in [-0.4, -0.2) is 49.8 Å². The lowest BCUT2D eigenvalue weighted by molar-refractivity contribution is 0.0195. The van der Waals surface area contributed by atoms with E-state index >= 15 is 0 Å². The van der Waals surface area contributed by atoms with Gasteiger partial charge in [0.1, 0.15) is 0 Å². The normalized spacial score (nSPS) is 17.5. The minimum Gasteiger partial charge on any atom is -0.379 e. The van der Waals surface area contributed by atoms with E-state index in [1.807, 2.05) is 23.5 Å². The highest BCUT2D eigenvalue weighted by atomic mass is 32.2. The standard InChI is InChI=1S/C18H27NOS2/c1-14(2)17(19-10-12-20-13-11-19)16(18(21-3)22-4)15-8-6-5-7-9-15/h5-9,14,17H,10-13H2,1-4H3. The first-order valence-electron chi connectivity index (χ1n) is 7.88. The molecule has 122 valence electrons. The van der Waals surface area contributed by atoms with E-state index in [1.165, 1.54) is 15.4 Å². The van der Waals surface area contributed by atoms with E-state index in [1.54, 1.807) is 0 Å². The maximum atomic E-state index is 5.56. The zero-order chi connectivity index (χ0) is 15.9. The van der Waals surface area contributed by atoms with E-state index in [0.29, 0.717) is 12.0 Å². The second-order valence-corrected chi connectivity index (χ2v) is 7.70. The van der Waals surface area contributed by atoms with Crippen molar-refractivity contribution < 1.29 is 4.74 Å². The fourth-order valence-electron chi connectivity index (χ4n) is 3.12. The Bertz CT molecular complexity index is 475. The molecule has 0 bridgehead atoms. The Morgan fingerprint density at radius 3 is 2.14 bits per heavy atom. The van der Waals surface area contributed by atoms with Gasteiger partial charge in [-0.15, -0.1) is 23.5 Å². The molecule has 1 heterocycles. The number of ether oxygens (including phenoxy) is 1. The molecule has 0 amide bonds. The van der Waals surface area contributed by atoms with Crippen LogP contribution in [0.2, 0.25) is 0 Å². The van der Waals surface area contributed by atoms with Crippen molar-refractivity contribution in [3.05, 3.63) is 40.1 Å². The van der Waals surface area contributed by atoms with Crippen LogP contribution >= 0.6 is 23.5 Å². The third kappa shape index (κ3) is 4.31. The van der Waals surface area contributed by atoms with Crippen LogP contribution in [0.4, 0.5) is 0 Å². The second-order valence-electron chi connectivity index (χ2n) is 5.81. The van der Waals surface area contributed by atoms with E-state index < -0.39 is 0 Å². The van der Waals surface area contributed by atoms with Gasteiger partial charge < -0.3 is 4.74 Å². The maximum Gasteiger partial charge on any atom is 0.0594 e. The molecular weight excluding hydrogens is 310 g/mol. The minimum absolute atomic E-state index is 0.446. The summed E-state index contributed by atoms with van der Waals surface area (Å²) in [5.41, 5.74) is 2.84. The summed E-state index contributed by atoms with van der Waals surface area (Å²) in [4.78, 5) is 2.60. The fourth-order valence-corrected chi connectivity index (χ4v) is 4.71. The average Bonchev–Trinajstić information content (AvgIpc) is 2.56. The summed E-state index contributed by atoms with van der Waals surface area (Å²) in [7, 11) is 0. The van der Waals surface area contributed by atoms with Crippen molar-refractivity contribution >= 4 is 29.1 Å². The van der Waals surface area contributed by atoms with Crippen molar-refractivity contribution in [1.29, 1.82) is 0 Å². The van der Waals surface area contributed by atoms with Gasteiger partial charge in [-0.05, 0) is 29.6 Å². The van der Waals surface area contributed by atoms with Gasteiger partial charge >= 0.3 is 0 Å². The van der Waals surface area contributed by atoms with Crippen LogP contribution in [0, 0.1) is 5.92 Å². The molecule has 1 unspecified atom stereocenters. The summed E-state index contributed by atoms with van der Waals surface area (Å²) in [6.45, 7) is 8.41. The molecule has 22 heavy (non-hydrogen) atoms. The van der Waals surface area contributed by atoms with Gasteiger partial charge in [0.15, 0.2) is 0 Å². The smallest absolute Gasteiger partial charge is 0.0594 e. The van der Waals surface area contributed by atoms with Crippen molar-refractivity contribution in [3.63, 3.8) is 0 Å². The molecule has 2 rings (SSSR count). The predicted octanol–water partition coefficient (Wildman–Crippen LogP) is 4.44. The molecule has 4 heteroatoms. The quantitative estimate of drug-likeness (QED) is 0.760. The van der Waals surface area contributed by atoms with Gasteiger partial charge in [0, 0.05) is 23.4 Å². The van der Waals surface area contributed by atoms with E-state index in [9.17, 15) is 0 Å². The van der Waals surface area contributed by atoms with Crippen LogP contribution in [0.15, 0.2) is 34.6 Å². The zero-order valence-corrected chi connectivity index (χ0v) is 15.7. The molecule has 0 aliphatic carbocycles. The number of rotatable bonds is 6. The molecule has 0 N–H and O–H groups in total. The molecule has 0 saturated carbocycles. The highest BCUT2D eigenvalue weighted by Gasteiger charge is 2.29. The van der Waals surface area contributed by atoms with Gasteiger partial charge in [0.25, 0.3) is 0 Å². The first-order valence-corrected chi connectivity index (χ1v) is 10.3. The molecule has 1 saturated heterocycles. The number of benzene rings is 1. The van der Waals surface area contributed by atoms with Crippen LogP contribution in [0.5, 0.6) is 0 Å². The molecule has 1 atom stereocenters. The predicted molar refractivity (Wildman–Crippen MR) is 101 cm³/mol. The SMILES string of the molecule is CSC(SC)=C(c1ccccc1)C(C(C)C)N1CCOCC1. The highest BCUT2D eigenvalue weighted by Crippen LogP contribution is 2.39. The second kappa shape index (κ2) is 9.02. The van der Waals surface area contributed by atoms with E-state index in [-0.39, 0.29) is 0 Å². The number of nitrogens with zero attached hydrogens (tertiary/aromatic N) is 1. The molecule has 0 spiro atoms. The summed E-state index contributed by atoms with van der Waals surface area (Å²) >= 11 is 3.73. The van der Waals surface area contributed by atoms with Crippen molar-refractivity contribution in [1.82, 2.24) is 4.90 Å². The van der Waals surface area contributed by atoms with Crippen LogP contribution in [-0.2, 0) is 4.74 Å². The molecule has 1 aromatic rings. The van der Waals surface area contributed by atoms with E-state index in [2.05, 4.69) is 61.6 Å². The van der Waals surface area contributed by atoms with Gasteiger partial charge in [-0.25, -0.2) is 0 Å². The largest absolute Gasteiger partial charge is 0.379 e. The van der Waals surface area contributed by atoms with Crippen LogP contribution in [0.1, 0.15) is 19.4 Å². The lowest BCUT2D eigenvalue weighted by Gasteiger charge is -2.39. The topological polar surface area (TPSA) is 12.5 Å². The number of hydrogen-bond donors (Lipinski definition) is 0. The molecule has 1 aliphatic heterocycles. The van der Waals surface area contributed by atoms with Crippen LogP contribution in [0.3, 0.4) is 0 Å². The molecule has 1 aromatic carbocycles. The van der Waals surface area contributed by atoms with Crippen molar-refractivity contribution in [2.45, 2.75) is 19.9 Å². The van der Waals surface area contributed by atoms with Crippen molar-refractivity contribution in [3.8, 4) is 0 Å². The van der Waals surface area contributed by atoms with Crippen LogP contribution in [0.25, 0.3) is 5.57 Å². The average molecular weight is 338 g/mol. The molecule has 2 nitrogen and oxygen atoms in total. The Balaban J connectivity index is 2.47. The first kappa shape index (κ1) is 17.9. The van der Waals surface area contributed by atoms with Crippen molar-refractivity contribution in [2.75, 3.05) is 38.8 Å². The Labute approximate surface area is 143 Å². The van der Waals surface area contributed by atoms with Gasteiger partial charge in [0.05, 0.1) is 13.2 Å². The fraction of sp³-hybridized carbons (Fsp3) is 0.556. The lowest BCUT2D eigenvalue weighted by Crippen LogP contribution is -2.46. The summed E-state index contributed by atoms with van der Waals surface area (Å²) in [6, 6.07) is 11.3. The minimum atomic E-state index is 0.446. The molecule has 0 radical (unpaired) electrons. The van der Waals surface area contributed by atoms with Crippen LogP contribution < -0.4 is 0 Å². The number of hydrogen-bond acceptors (Lipinski definition) is 4. The summed E-state index contributed by atoms with van der Waals surface area (Å²) in [6.07, 6.45) is 4.37.